The van der Waals surface area contributed by atoms with Gasteiger partial charge in [-0.3, -0.25) is 9.59 Å². The van der Waals surface area contributed by atoms with Gasteiger partial charge in [0.2, 0.25) is 0 Å². The third-order valence-electron chi connectivity index (χ3n) is 4.32. The van der Waals surface area contributed by atoms with Crippen molar-refractivity contribution in [3.63, 3.8) is 0 Å². The number of hydrogen-bond acceptors (Lipinski definition) is 5. The monoisotopic (exact) mass is 459 g/mol. The quantitative estimate of drug-likeness (QED) is 0.581. The molecule has 0 aliphatic rings. The third-order valence-corrected chi connectivity index (χ3v) is 4.91. The molecule has 0 bridgehead atoms. The van der Waals surface area contributed by atoms with Crippen LogP contribution in [-0.4, -0.2) is 41.5 Å². The molecule has 0 saturated heterocycles. The summed E-state index contributed by atoms with van der Waals surface area (Å²) in [6.07, 6.45) is 0.857. The maximum absolute atomic E-state index is 12.9. The van der Waals surface area contributed by atoms with Gasteiger partial charge in [0.15, 0.2) is 11.5 Å². The number of aromatic amines is 1. The average Bonchev–Trinajstić information content (AvgIpc) is 2.71. The standard InChI is InChI=1S/C21H22BrN3O4/c1-4-9-29-19-15(22)10-13(11-17(19)28-3)21(27)25(2)12-18-23-16-8-6-5-7-14(16)20(26)24-18/h5-8,10-11H,4,9,12H2,1-3H3,(H,23,24,26). The largest absolute Gasteiger partial charge is 0.493 e. The summed E-state index contributed by atoms with van der Waals surface area (Å²) in [5, 5.41) is 0.515. The van der Waals surface area contributed by atoms with Crippen molar-refractivity contribution in [1.82, 2.24) is 14.9 Å². The summed E-state index contributed by atoms with van der Waals surface area (Å²) in [5.41, 5.74) is 0.797. The van der Waals surface area contributed by atoms with Crippen molar-refractivity contribution in [2.75, 3.05) is 20.8 Å². The number of nitrogens with zero attached hydrogens (tertiary/aromatic N) is 2. The summed E-state index contributed by atoms with van der Waals surface area (Å²) in [6, 6.07) is 10.4. The average molecular weight is 460 g/mol. The highest BCUT2D eigenvalue weighted by molar-refractivity contribution is 9.10. The summed E-state index contributed by atoms with van der Waals surface area (Å²) in [7, 11) is 3.18. The van der Waals surface area contributed by atoms with Crippen LogP contribution in [0.25, 0.3) is 10.9 Å². The molecular weight excluding hydrogens is 438 g/mol. The van der Waals surface area contributed by atoms with Crippen LogP contribution in [0.5, 0.6) is 11.5 Å². The normalized spacial score (nSPS) is 10.8. The fourth-order valence-electron chi connectivity index (χ4n) is 2.91. The Kier molecular flexibility index (Phi) is 6.53. The molecule has 0 aliphatic heterocycles. The molecule has 0 spiro atoms. The first kappa shape index (κ1) is 20.9. The number of hydrogen-bond donors (Lipinski definition) is 1. The van der Waals surface area contributed by atoms with E-state index in [1.165, 1.54) is 12.0 Å². The van der Waals surface area contributed by atoms with Crippen molar-refractivity contribution < 1.29 is 14.3 Å². The molecule has 152 valence electrons. The Morgan fingerprint density at radius 3 is 2.76 bits per heavy atom. The van der Waals surface area contributed by atoms with E-state index in [0.717, 1.165) is 6.42 Å². The Morgan fingerprint density at radius 1 is 1.28 bits per heavy atom. The molecule has 0 radical (unpaired) electrons. The molecule has 2 aromatic carbocycles. The van der Waals surface area contributed by atoms with Gasteiger partial charge in [-0.05, 0) is 46.6 Å². The summed E-state index contributed by atoms with van der Waals surface area (Å²) >= 11 is 3.45. The van der Waals surface area contributed by atoms with E-state index in [4.69, 9.17) is 9.47 Å². The summed E-state index contributed by atoms with van der Waals surface area (Å²) in [5.74, 6) is 1.22. The third kappa shape index (κ3) is 4.59. The zero-order valence-corrected chi connectivity index (χ0v) is 18.1. The van der Waals surface area contributed by atoms with Crippen molar-refractivity contribution >= 4 is 32.7 Å². The number of ether oxygens (including phenoxy) is 2. The number of rotatable bonds is 7. The number of carbonyl (C=O) groups excluding carboxylic acids is 1. The molecule has 1 aromatic heterocycles. The first-order valence-corrected chi connectivity index (χ1v) is 9.97. The van der Waals surface area contributed by atoms with E-state index in [-0.39, 0.29) is 18.0 Å². The zero-order valence-electron chi connectivity index (χ0n) is 16.5. The number of aromatic nitrogens is 2. The SMILES string of the molecule is CCCOc1c(Br)cc(C(=O)N(C)Cc2nc3ccccc3c(=O)[nH]2)cc1OC. The van der Waals surface area contributed by atoms with Gasteiger partial charge in [0.25, 0.3) is 11.5 Å². The van der Waals surface area contributed by atoms with Gasteiger partial charge in [-0.2, -0.15) is 0 Å². The van der Waals surface area contributed by atoms with Crippen LogP contribution in [0, 0.1) is 0 Å². The van der Waals surface area contributed by atoms with Crippen LogP contribution in [0.1, 0.15) is 29.5 Å². The van der Waals surface area contributed by atoms with Crippen molar-refractivity contribution in [3.8, 4) is 11.5 Å². The van der Waals surface area contributed by atoms with Gasteiger partial charge in [0.05, 0.1) is 35.6 Å². The summed E-state index contributed by atoms with van der Waals surface area (Å²) < 4.78 is 11.7. The molecule has 1 heterocycles. The minimum Gasteiger partial charge on any atom is -0.493 e. The number of amides is 1. The van der Waals surface area contributed by atoms with Gasteiger partial charge in [0, 0.05) is 12.6 Å². The molecule has 3 aromatic rings. The van der Waals surface area contributed by atoms with Crippen LogP contribution in [0.4, 0.5) is 0 Å². The van der Waals surface area contributed by atoms with Crippen LogP contribution in [0.2, 0.25) is 0 Å². The highest BCUT2D eigenvalue weighted by Gasteiger charge is 2.19. The van der Waals surface area contributed by atoms with Crippen molar-refractivity contribution in [2.24, 2.45) is 0 Å². The molecule has 1 N–H and O–H groups in total. The number of carbonyl (C=O) groups is 1. The van der Waals surface area contributed by atoms with Crippen LogP contribution < -0.4 is 15.0 Å². The maximum Gasteiger partial charge on any atom is 0.258 e. The molecule has 0 unspecified atom stereocenters. The molecule has 8 heteroatoms. The first-order valence-electron chi connectivity index (χ1n) is 9.18. The smallest absolute Gasteiger partial charge is 0.258 e. The van der Waals surface area contributed by atoms with E-state index in [0.29, 0.717) is 44.9 Å². The Morgan fingerprint density at radius 2 is 2.03 bits per heavy atom. The highest BCUT2D eigenvalue weighted by atomic mass is 79.9. The number of fused-ring (bicyclic) bond motifs is 1. The fourth-order valence-corrected chi connectivity index (χ4v) is 3.47. The van der Waals surface area contributed by atoms with Crippen molar-refractivity contribution in [3.05, 3.63) is 62.6 Å². The van der Waals surface area contributed by atoms with Gasteiger partial charge in [-0.15, -0.1) is 0 Å². The zero-order chi connectivity index (χ0) is 21.0. The van der Waals surface area contributed by atoms with Gasteiger partial charge >= 0.3 is 0 Å². The lowest BCUT2D eigenvalue weighted by Crippen LogP contribution is -2.28. The Balaban J connectivity index is 1.85. The summed E-state index contributed by atoms with van der Waals surface area (Å²) in [4.78, 5) is 33.8. The van der Waals surface area contributed by atoms with Gasteiger partial charge in [-0.25, -0.2) is 4.98 Å². The van der Waals surface area contributed by atoms with E-state index in [1.54, 1.807) is 37.4 Å². The maximum atomic E-state index is 12.9. The van der Waals surface area contributed by atoms with E-state index in [2.05, 4.69) is 25.9 Å². The number of nitrogens with one attached hydrogen (secondary N) is 1. The highest BCUT2D eigenvalue weighted by Crippen LogP contribution is 2.37. The molecule has 0 aliphatic carbocycles. The number of methoxy groups -OCH3 is 1. The van der Waals surface area contributed by atoms with Crippen molar-refractivity contribution in [1.29, 1.82) is 0 Å². The first-order chi connectivity index (χ1) is 13.9. The molecule has 0 fully saturated rings. The Labute approximate surface area is 176 Å². The molecule has 1 amide bonds. The van der Waals surface area contributed by atoms with Crippen LogP contribution in [0.3, 0.4) is 0 Å². The van der Waals surface area contributed by atoms with Crippen molar-refractivity contribution in [2.45, 2.75) is 19.9 Å². The lowest BCUT2D eigenvalue weighted by molar-refractivity contribution is 0.0781. The van der Waals surface area contributed by atoms with E-state index >= 15 is 0 Å². The second kappa shape index (κ2) is 9.09. The molecule has 7 nitrogen and oxygen atoms in total. The van der Waals surface area contributed by atoms with Crippen LogP contribution in [0.15, 0.2) is 45.7 Å². The predicted molar refractivity (Wildman–Crippen MR) is 115 cm³/mol. The lowest BCUT2D eigenvalue weighted by atomic mass is 10.1. The van der Waals surface area contributed by atoms with Gasteiger partial charge in [0.1, 0.15) is 5.82 Å². The number of para-hydroxylation sites is 1. The number of H-pyrrole nitrogens is 1. The Hall–Kier alpha value is -2.87. The topological polar surface area (TPSA) is 84.5 Å². The number of halogens is 1. The predicted octanol–water partition coefficient (Wildman–Crippen LogP) is 3.76. The molecule has 0 saturated carbocycles. The van der Waals surface area contributed by atoms with Crippen LogP contribution >= 0.6 is 15.9 Å². The Bertz CT molecular complexity index is 1100. The van der Waals surface area contributed by atoms with Gasteiger partial charge < -0.3 is 19.4 Å². The molecule has 29 heavy (non-hydrogen) atoms. The second-order valence-electron chi connectivity index (χ2n) is 6.53. The fraction of sp³-hybridized carbons (Fsp3) is 0.286. The van der Waals surface area contributed by atoms with E-state index in [1.807, 2.05) is 13.0 Å². The molecule has 3 rings (SSSR count). The minimum absolute atomic E-state index is 0.160. The van der Waals surface area contributed by atoms with E-state index in [9.17, 15) is 9.59 Å². The summed E-state index contributed by atoms with van der Waals surface area (Å²) in [6.45, 7) is 2.72. The number of benzene rings is 2. The molecule has 0 atom stereocenters. The van der Waals surface area contributed by atoms with E-state index < -0.39 is 0 Å². The minimum atomic E-state index is -0.234. The molecular formula is C21H22BrN3O4. The lowest BCUT2D eigenvalue weighted by Gasteiger charge is -2.19. The van der Waals surface area contributed by atoms with Crippen LogP contribution in [-0.2, 0) is 6.54 Å². The van der Waals surface area contributed by atoms with Gasteiger partial charge in [-0.1, -0.05) is 19.1 Å². The second-order valence-corrected chi connectivity index (χ2v) is 7.38.